The summed E-state index contributed by atoms with van der Waals surface area (Å²) in [6, 6.07) is 0. The lowest BCUT2D eigenvalue weighted by atomic mass is 10.1. The number of carbonyl (C=O) groups excluding carboxylic acids is 3. The molecule has 0 fully saturated rings. The average molecular weight is 972 g/mol. The second-order valence-electron chi connectivity index (χ2n) is 19.0. The van der Waals surface area contributed by atoms with Crippen LogP contribution in [0, 0.1) is 0 Å². The van der Waals surface area contributed by atoms with E-state index in [1.807, 2.05) is 60.8 Å². The van der Waals surface area contributed by atoms with Gasteiger partial charge in [-0.2, -0.15) is 0 Å². The highest BCUT2D eigenvalue weighted by Crippen LogP contribution is 2.14. The number of esters is 3. The fourth-order valence-corrected chi connectivity index (χ4v) is 7.81. The average Bonchev–Trinajstić information content (AvgIpc) is 3.36. The molecule has 0 heterocycles. The number of unbranched alkanes of at least 4 members (excludes halogenated alkanes) is 28. The van der Waals surface area contributed by atoms with Gasteiger partial charge in [-0.3, -0.25) is 14.4 Å². The van der Waals surface area contributed by atoms with Gasteiger partial charge in [0.15, 0.2) is 6.10 Å². The van der Waals surface area contributed by atoms with E-state index in [2.05, 4.69) is 69.4 Å². The van der Waals surface area contributed by atoms with E-state index >= 15 is 0 Å². The normalized spacial score (nSPS) is 12.9. The van der Waals surface area contributed by atoms with Crippen molar-refractivity contribution in [1.29, 1.82) is 0 Å². The standard InChI is InChI=1S/C64H106O6/c1-4-7-10-13-16-19-22-25-28-31-34-36-39-42-45-48-51-54-57-63(66)69-60-61(70-64(67)58-55-52-49-46-43-40-37-33-30-27-24-21-18-15-12-9-6-3)59-68-62(65)56-53-50-47-44-41-38-35-32-29-26-23-20-17-14-11-8-5-2/h9,12,15,18,21,24,26-31,33-34,36-37,40,43,61H,4-8,10-11,13-14,16-17,19-20,22-23,25,32,35,38-39,41-42,44-60H2,1-3H3/b12-9-,18-15-,24-21-,29-26-,30-27-,31-28-,36-34-,37-33+,43-40-. The van der Waals surface area contributed by atoms with Crippen LogP contribution in [-0.2, 0) is 28.6 Å². The molecule has 1 atom stereocenters. The van der Waals surface area contributed by atoms with Crippen LogP contribution in [0.4, 0.5) is 0 Å². The highest BCUT2D eigenvalue weighted by atomic mass is 16.6. The smallest absolute Gasteiger partial charge is 0.306 e. The summed E-state index contributed by atoms with van der Waals surface area (Å²) in [6.07, 6.45) is 77.9. The second-order valence-corrected chi connectivity index (χ2v) is 19.0. The van der Waals surface area contributed by atoms with Crippen molar-refractivity contribution in [2.45, 2.75) is 264 Å². The topological polar surface area (TPSA) is 78.9 Å². The first-order chi connectivity index (χ1) is 34.5. The molecule has 0 aromatic carbocycles. The van der Waals surface area contributed by atoms with E-state index in [-0.39, 0.29) is 37.5 Å². The maximum atomic E-state index is 12.8. The van der Waals surface area contributed by atoms with Crippen molar-refractivity contribution in [3.8, 4) is 0 Å². The Bertz CT molecular complexity index is 1440. The lowest BCUT2D eigenvalue weighted by Gasteiger charge is -2.18. The minimum Gasteiger partial charge on any atom is -0.462 e. The van der Waals surface area contributed by atoms with Crippen LogP contribution in [0.3, 0.4) is 0 Å². The molecule has 0 amide bonds. The third-order valence-corrected chi connectivity index (χ3v) is 12.2. The van der Waals surface area contributed by atoms with Gasteiger partial charge in [0.25, 0.3) is 0 Å². The van der Waals surface area contributed by atoms with Crippen LogP contribution < -0.4 is 0 Å². The molecule has 0 N–H and O–H groups in total. The van der Waals surface area contributed by atoms with Gasteiger partial charge in [-0.15, -0.1) is 0 Å². The number of hydrogen-bond donors (Lipinski definition) is 0. The first kappa shape index (κ1) is 66.1. The molecule has 0 aliphatic rings. The van der Waals surface area contributed by atoms with E-state index in [4.69, 9.17) is 14.2 Å². The summed E-state index contributed by atoms with van der Waals surface area (Å²) in [5, 5.41) is 0. The van der Waals surface area contributed by atoms with Gasteiger partial charge < -0.3 is 14.2 Å². The molecule has 6 nitrogen and oxygen atoms in total. The molecule has 0 saturated carbocycles. The lowest BCUT2D eigenvalue weighted by molar-refractivity contribution is -0.167. The van der Waals surface area contributed by atoms with Crippen LogP contribution in [0.2, 0.25) is 0 Å². The largest absolute Gasteiger partial charge is 0.462 e. The van der Waals surface area contributed by atoms with Gasteiger partial charge in [-0.1, -0.05) is 259 Å². The van der Waals surface area contributed by atoms with Gasteiger partial charge in [-0.25, -0.2) is 0 Å². The first-order valence-corrected chi connectivity index (χ1v) is 29.0. The SMILES string of the molecule is CC\C=C/C=C\C=C/C=C\C=C\C=C/CCCCCC(=O)OC(COC(=O)CCCCCCC/C=C\C=C/CCCCCCCCC)COC(=O)CCCCCCCCC/C=C\CCCCCCCC. The first-order valence-electron chi connectivity index (χ1n) is 29.0. The van der Waals surface area contributed by atoms with E-state index in [1.165, 1.54) is 128 Å². The highest BCUT2D eigenvalue weighted by molar-refractivity contribution is 5.71. The van der Waals surface area contributed by atoms with E-state index in [9.17, 15) is 14.4 Å². The van der Waals surface area contributed by atoms with Crippen LogP contribution in [0.5, 0.6) is 0 Å². The summed E-state index contributed by atoms with van der Waals surface area (Å²) < 4.78 is 16.8. The summed E-state index contributed by atoms with van der Waals surface area (Å²) in [4.78, 5) is 38.2. The molecule has 0 aromatic heterocycles. The Labute approximate surface area is 431 Å². The van der Waals surface area contributed by atoms with Crippen molar-refractivity contribution in [3.63, 3.8) is 0 Å². The van der Waals surface area contributed by atoms with Gasteiger partial charge >= 0.3 is 17.9 Å². The molecular formula is C64H106O6. The Morgan fingerprint density at radius 2 is 0.571 bits per heavy atom. The Morgan fingerprint density at radius 1 is 0.300 bits per heavy atom. The molecule has 0 bridgehead atoms. The van der Waals surface area contributed by atoms with Crippen molar-refractivity contribution in [1.82, 2.24) is 0 Å². The summed E-state index contributed by atoms with van der Waals surface area (Å²) in [7, 11) is 0. The Balaban J connectivity index is 4.51. The monoisotopic (exact) mass is 971 g/mol. The molecule has 70 heavy (non-hydrogen) atoms. The van der Waals surface area contributed by atoms with Crippen LogP contribution in [0.25, 0.3) is 0 Å². The predicted molar refractivity (Wildman–Crippen MR) is 302 cm³/mol. The zero-order chi connectivity index (χ0) is 50.7. The fraction of sp³-hybridized carbons (Fsp3) is 0.672. The molecule has 0 aliphatic heterocycles. The number of ether oxygens (including phenoxy) is 3. The van der Waals surface area contributed by atoms with E-state index in [1.54, 1.807) is 0 Å². The zero-order valence-electron chi connectivity index (χ0n) is 45.5. The quantitative estimate of drug-likeness (QED) is 0.0199. The minimum absolute atomic E-state index is 0.105. The fourth-order valence-electron chi connectivity index (χ4n) is 7.81. The Hall–Kier alpha value is -3.93. The number of allylic oxidation sites excluding steroid dienone is 18. The third-order valence-electron chi connectivity index (χ3n) is 12.2. The van der Waals surface area contributed by atoms with E-state index in [0.717, 1.165) is 83.5 Å². The van der Waals surface area contributed by atoms with Crippen molar-refractivity contribution in [3.05, 3.63) is 109 Å². The van der Waals surface area contributed by atoms with Crippen LogP contribution in [0.1, 0.15) is 258 Å². The van der Waals surface area contributed by atoms with Crippen LogP contribution >= 0.6 is 0 Å². The Morgan fingerprint density at radius 3 is 0.943 bits per heavy atom. The molecule has 1 unspecified atom stereocenters. The van der Waals surface area contributed by atoms with Gasteiger partial charge in [0.2, 0.25) is 0 Å². The number of carbonyl (C=O) groups is 3. The highest BCUT2D eigenvalue weighted by Gasteiger charge is 2.19. The molecule has 0 radical (unpaired) electrons. The van der Waals surface area contributed by atoms with Crippen molar-refractivity contribution in [2.75, 3.05) is 13.2 Å². The molecule has 0 rings (SSSR count). The maximum Gasteiger partial charge on any atom is 0.306 e. The lowest BCUT2D eigenvalue weighted by Crippen LogP contribution is -2.30. The van der Waals surface area contributed by atoms with Crippen molar-refractivity contribution >= 4 is 17.9 Å². The molecule has 6 heteroatoms. The van der Waals surface area contributed by atoms with Gasteiger partial charge in [0.1, 0.15) is 13.2 Å². The molecule has 0 spiro atoms. The predicted octanol–water partition coefficient (Wildman–Crippen LogP) is 19.5. The summed E-state index contributed by atoms with van der Waals surface area (Å²) in [5.74, 6) is -0.967. The van der Waals surface area contributed by atoms with Crippen molar-refractivity contribution < 1.29 is 28.6 Å². The molecular weight excluding hydrogens is 865 g/mol. The van der Waals surface area contributed by atoms with E-state index < -0.39 is 6.10 Å². The van der Waals surface area contributed by atoms with Gasteiger partial charge in [0.05, 0.1) is 0 Å². The van der Waals surface area contributed by atoms with Gasteiger partial charge in [0, 0.05) is 19.3 Å². The number of hydrogen-bond acceptors (Lipinski definition) is 6. The zero-order valence-corrected chi connectivity index (χ0v) is 45.5. The number of rotatable bonds is 51. The third kappa shape index (κ3) is 55.0. The summed E-state index contributed by atoms with van der Waals surface area (Å²) in [6.45, 7) is 6.44. The summed E-state index contributed by atoms with van der Waals surface area (Å²) in [5.41, 5.74) is 0. The summed E-state index contributed by atoms with van der Waals surface area (Å²) >= 11 is 0. The van der Waals surface area contributed by atoms with Gasteiger partial charge in [-0.05, 0) is 89.9 Å². The molecule has 0 aromatic rings. The minimum atomic E-state index is -0.812. The van der Waals surface area contributed by atoms with Crippen LogP contribution in [-0.4, -0.2) is 37.2 Å². The molecule has 398 valence electrons. The van der Waals surface area contributed by atoms with E-state index in [0.29, 0.717) is 19.3 Å². The van der Waals surface area contributed by atoms with Crippen LogP contribution in [0.15, 0.2) is 109 Å². The second kappa shape index (κ2) is 57.6. The molecule has 0 aliphatic carbocycles. The molecule has 0 saturated heterocycles. The Kier molecular flexibility index (Phi) is 54.4. The maximum absolute atomic E-state index is 12.8. The van der Waals surface area contributed by atoms with Crippen molar-refractivity contribution in [2.24, 2.45) is 0 Å².